The summed E-state index contributed by atoms with van der Waals surface area (Å²) in [5, 5.41) is 4.62. The van der Waals surface area contributed by atoms with E-state index in [0.29, 0.717) is 40.9 Å². The van der Waals surface area contributed by atoms with Gasteiger partial charge in [0.15, 0.2) is 12.6 Å². The second kappa shape index (κ2) is 14.8. The third kappa shape index (κ3) is 7.09. The average molecular weight is 743 g/mol. The molecule has 0 bridgehead atoms. The lowest BCUT2D eigenvalue weighted by molar-refractivity contribution is 0.00812. The summed E-state index contributed by atoms with van der Waals surface area (Å²) in [6, 6.07) is 6.11. The van der Waals surface area contributed by atoms with Crippen LogP contribution in [0, 0.1) is 24.0 Å². The number of anilines is 1. The van der Waals surface area contributed by atoms with Gasteiger partial charge in [-0.1, -0.05) is 24.8 Å². The van der Waals surface area contributed by atoms with Crippen molar-refractivity contribution in [3.05, 3.63) is 47.7 Å². The predicted octanol–water partition coefficient (Wildman–Crippen LogP) is 7.69. The number of carbonyl (C=O) groups is 1. The number of methoxy groups -OCH3 is 1. The first-order chi connectivity index (χ1) is 25.9. The van der Waals surface area contributed by atoms with Crippen molar-refractivity contribution in [1.82, 2.24) is 24.8 Å². The highest BCUT2D eigenvalue weighted by atomic mass is 19.1. The molecule has 54 heavy (non-hydrogen) atoms. The van der Waals surface area contributed by atoms with Crippen LogP contribution in [0.4, 0.5) is 19.4 Å². The van der Waals surface area contributed by atoms with Gasteiger partial charge in [-0.15, -0.1) is 6.42 Å². The van der Waals surface area contributed by atoms with Crippen molar-refractivity contribution < 1.29 is 32.5 Å². The molecule has 0 unspecified atom stereocenters. The van der Waals surface area contributed by atoms with E-state index >= 15 is 8.78 Å². The Kier molecular flexibility index (Phi) is 10.3. The summed E-state index contributed by atoms with van der Waals surface area (Å²) in [6.45, 7) is 8.20. The summed E-state index contributed by atoms with van der Waals surface area (Å²) >= 11 is 0. The zero-order valence-corrected chi connectivity index (χ0v) is 31.7. The molecule has 2 aliphatic heterocycles. The van der Waals surface area contributed by atoms with Gasteiger partial charge in [-0.25, -0.2) is 13.6 Å². The molecule has 11 nitrogen and oxygen atoms in total. The van der Waals surface area contributed by atoms with Gasteiger partial charge in [0.25, 0.3) is 0 Å². The number of likely N-dealkylation sites (N-methyl/N-ethyl adjacent to an activating group) is 1. The van der Waals surface area contributed by atoms with E-state index in [9.17, 15) is 4.79 Å². The summed E-state index contributed by atoms with van der Waals surface area (Å²) in [4.78, 5) is 31.5. The maximum atomic E-state index is 17.2. The number of ether oxygens (including phenoxy) is 4. The molecule has 1 amide bonds. The Morgan fingerprint density at radius 3 is 2.48 bits per heavy atom. The highest BCUT2D eigenvalue weighted by molar-refractivity contribution is 6.03. The largest absolute Gasteiger partial charge is 0.468 e. The number of carbonyl (C=O) groups excluding carboxylic acids is 1. The molecule has 1 N–H and O–H groups in total. The first-order valence-corrected chi connectivity index (χ1v) is 18.7. The van der Waals surface area contributed by atoms with Gasteiger partial charge in [-0.2, -0.15) is 9.97 Å². The summed E-state index contributed by atoms with van der Waals surface area (Å²) in [5.41, 5.74) is -1.25. The molecule has 4 heterocycles. The Morgan fingerprint density at radius 1 is 1.06 bits per heavy atom. The third-order valence-electron chi connectivity index (χ3n) is 11.2. The number of pyridine rings is 1. The van der Waals surface area contributed by atoms with Crippen LogP contribution in [0.1, 0.15) is 77.7 Å². The van der Waals surface area contributed by atoms with Crippen molar-refractivity contribution >= 4 is 33.6 Å². The van der Waals surface area contributed by atoms with Gasteiger partial charge in [0, 0.05) is 37.8 Å². The van der Waals surface area contributed by atoms with E-state index in [-0.39, 0.29) is 40.7 Å². The van der Waals surface area contributed by atoms with E-state index in [2.05, 4.69) is 26.1 Å². The van der Waals surface area contributed by atoms with Gasteiger partial charge < -0.3 is 29.2 Å². The number of aromatic nitrogens is 3. The van der Waals surface area contributed by atoms with E-state index in [4.69, 9.17) is 30.4 Å². The Labute approximate surface area is 314 Å². The van der Waals surface area contributed by atoms with Crippen LogP contribution in [0.3, 0.4) is 0 Å². The maximum Gasteiger partial charge on any atom is 0.410 e. The molecule has 2 saturated heterocycles. The van der Waals surface area contributed by atoms with Gasteiger partial charge in [-0.3, -0.25) is 9.88 Å². The number of fused-ring (bicyclic) bond motifs is 3. The lowest BCUT2D eigenvalue weighted by Crippen LogP contribution is -2.53. The van der Waals surface area contributed by atoms with E-state index in [0.717, 1.165) is 64.5 Å². The number of amides is 1. The monoisotopic (exact) mass is 742 g/mol. The molecule has 3 aliphatic rings. The van der Waals surface area contributed by atoms with Gasteiger partial charge in [0.05, 0.1) is 22.0 Å². The zero-order valence-electron chi connectivity index (χ0n) is 31.7. The molecule has 286 valence electrons. The summed E-state index contributed by atoms with van der Waals surface area (Å²) < 4.78 is 55.3. The van der Waals surface area contributed by atoms with Crippen LogP contribution in [0.25, 0.3) is 32.9 Å². The van der Waals surface area contributed by atoms with Crippen molar-refractivity contribution in [2.45, 2.75) is 88.8 Å². The van der Waals surface area contributed by atoms with Crippen molar-refractivity contribution in [3.63, 3.8) is 0 Å². The second-order valence-electron chi connectivity index (χ2n) is 15.8. The molecule has 4 aromatic rings. The molecular formula is C41H48F2N6O5. The standard InChI is InChI=1S/C41H48F2N6O5/c1-7-28-31(42)13-12-26-20-27(53-25-51-6)21-29(32(26)28)34-33(43)35-30(22-44-34)36(47-37(46-35)52-24-41-16-10-18-49(41)19-11-17-41)45-23-40(14-8-9-15-40)48(5)38(50)54-39(2,3)4/h1,12-13,20-22H,8-11,14-19,23-25H2,2-6H3,(H,45,46,47). The zero-order chi connectivity index (χ0) is 38.3. The molecule has 3 fully saturated rings. The minimum absolute atomic E-state index is 0.0209. The minimum atomic E-state index is -0.761. The molecule has 7 rings (SSSR count). The SMILES string of the molecule is C#Cc1c(F)ccc2cc(OCOC)cc(-c3ncc4c(NCC5(N(C)C(=O)OC(C)(C)C)CCCC5)nc(OCC56CCCN5CCC6)nc4c3F)c12. The molecular weight excluding hydrogens is 694 g/mol. The minimum Gasteiger partial charge on any atom is -0.468 e. The van der Waals surface area contributed by atoms with Crippen molar-refractivity contribution in [2.75, 3.05) is 52.5 Å². The maximum absolute atomic E-state index is 17.2. The van der Waals surface area contributed by atoms with Crippen molar-refractivity contribution in [1.29, 1.82) is 0 Å². The molecule has 13 heteroatoms. The number of halogens is 2. The lowest BCUT2D eigenvalue weighted by atomic mass is 9.95. The van der Waals surface area contributed by atoms with Gasteiger partial charge in [0.1, 0.15) is 40.8 Å². The molecule has 2 aromatic carbocycles. The van der Waals surface area contributed by atoms with E-state index in [1.165, 1.54) is 19.4 Å². The van der Waals surface area contributed by atoms with Crippen LogP contribution in [-0.2, 0) is 9.47 Å². The summed E-state index contributed by atoms with van der Waals surface area (Å²) in [5.74, 6) is 1.74. The fourth-order valence-electron chi connectivity index (χ4n) is 8.47. The Hall–Kier alpha value is -4.80. The highest BCUT2D eigenvalue weighted by Gasteiger charge is 2.45. The summed E-state index contributed by atoms with van der Waals surface area (Å²) in [6.07, 6.45) is 14.5. The molecule has 1 aliphatic carbocycles. The van der Waals surface area contributed by atoms with Crippen LogP contribution in [0.2, 0.25) is 0 Å². The van der Waals surface area contributed by atoms with Gasteiger partial charge >= 0.3 is 12.1 Å². The number of benzene rings is 2. The fourth-order valence-corrected chi connectivity index (χ4v) is 8.47. The van der Waals surface area contributed by atoms with Gasteiger partial charge in [-0.05, 0) is 96.0 Å². The van der Waals surface area contributed by atoms with E-state index in [1.807, 2.05) is 20.8 Å². The Balaban J connectivity index is 1.33. The molecule has 0 spiro atoms. The number of rotatable bonds is 11. The van der Waals surface area contributed by atoms with Crippen molar-refractivity contribution in [2.24, 2.45) is 0 Å². The highest BCUT2D eigenvalue weighted by Crippen LogP contribution is 2.42. The molecule has 1 saturated carbocycles. The first kappa shape index (κ1) is 37.5. The second-order valence-corrected chi connectivity index (χ2v) is 15.8. The van der Waals surface area contributed by atoms with Crippen LogP contribution >= 0.6 is 0 Å². The number of hydrogen-bond acceptors (Lipinski definition) is 10. The third-order valence-corrected chi connectivity index (χ3v) is 11.2. The number of terminal acetylenes is 1. The van der Waals surface area contributed by atoms with Crippen LogP contribution < -0.4 is 14.8 Å². The van der Waals surface area contributed by atoms with Crippen molar-refractivity contribution in [3.8, 4) is 35.4 Å². The average Bonchev–Trinajstić information content (AvgIpc) is 3.89. The Bertz CT molecular complexity index is 2100. The van der Waals surface area contributed by atoms with Crippen LogP contribution in [0.5, 0.6) is 11.8 Å². The number of nitrogens with one attached hydrogen (secondary N) is 1. The number of nitrogens with zero attached hydrogens (tertiary/aromatic N) is 5. The molecule has 0 radical (unpaired) electrons. The van der Waals surface area contributed by atoms with Crippen LogP contribution in [-0.4, -0.2) is 94.7 Å². The quantitative estimate of drug-likeness (QED) is 0.121. The van der Waals surface area contributed by atoms with E-state index < -0.39 is 28.9 Å². The lowest BCUT2D eigenvalue weighted by Gasteiger charge is -2.39. The normalized spacial score (nSPS) is 17.7. The van der Waals surface area contributed by atoms with Gasteiger partial charge in [0.2, 0.25) is 0 Å². The topological polar surface area (TPSA) is 111 Å². The molecule has 0 atom stereocenters. The summed E-state index contributed by atoms with van der Waals surface area (Å²) in [7, 11) is 3.25. The van der Waals surface area contributed by atoms with E-state index in [1.54, 1.807) is 30.1 Å². The first-order valence-electron chi connectivity index (χ1n) is 18.7. The van der Waals surface area contributed by atoms with Crippen LogP contribution in [0.15, 0.2) is 30.5 Å². The predicted molar refractivity (Wildman–Crippen MR) is 203 cm³/mol. The smallest absolute Gasteiger partial charge is 0.410 e. The fraction of sp³-hybridized carbons (Fsp3) is 0.512. The Morgan fingerprint density at radius 2 is 1.80 bits per heavy atom. The molecule has 2 aromatic heterocycles. The number of hydrogen-bond donors (Lipinski definition) is 1.